The summed E-state index contributed by atoms with van der Waals surface area (Å²) >= 11 is 0. The number of hydrogen-bond acceptors (Lipinski definition) is 5. The molecule has 2 aromatic carbocycles. The Bertz CT molecular complexity index is 1300. The quantitative estimate of drug-likeness (QED) is 0.614. The summed E-state index contributed by atoms with van der Waals surface area (Å²) in [5.74, 6) is 1.68. The lowest BCUT2D eigenvalue weighted by molar-refractivity contribution is -0.304. The summed E-state index contributed by atoms with van der Waals surface area (Å²) in [5, 5.41) is 23.5. The lowest BCUT2D eigenvalue weighted by atomic mass is 9.33. The summed E-state index contributed by atoms with van der Waals surface area (Å²) in [6.07, 6.45) is 7.44. The molecule has 0 amide bonds. The molecule has 5 nitrogen and oxygen atoms in total. The van der Waals surface area contributed by atoms with Crippen LogP contribution in [0.25, 0.3) is 0 Å². The molecule has 5 aliphatic carbocycles. The van der Waals surface area contributed by atoms with Gasteiger partial charge in [0.15, 0.2) is 11.5 Å². The van der Waals surface area contributed by atoms with Crippen molar-refractivity contribution in [3.8, 4) is 11.5 Å². The van der Waals surface area contributed by atoms with Crippen LogP contribution in [-0.2, 0) is 22.2 Å². The molecular formula is C32H39NO4. The van der Waals surface area contributed by atoms with Crippen LogP contribution in [0.5, 0.6) is 11.5 Å². The Labute approximate surface area is 219 Å². The molecule has 9 rings (SSSR count). The van der Waals surface area contributed by atoms with Gasteiger partial charge in [0.1, 0.15) is 11.7 Å². The Hall–Kier alpha value is -2.08. The third-order valence-electron chi connectivity index (χ3n) is 11.9. The number of ether oxygens (including phenoxy) is 2. The molecule has 1 unspecified atom stereocenters. The van der Waals surface area contributed by atoms with Crippen molar-refractivity contribution in [1.29, 1.82) is 0 Å². The number of phenols is 1. The topological polar surface area (TPSA) is 62.2 Å². The fraction of sp³-hybridized carbons (Fsp3) is 0.625. The van der Waals surface area contributed by atoms with Gasteiger partial charge in [-0.05, 0) is 88.4 Å². The Balaban J connectivity index is 1.35. The molecule has 4 saturated carbocycles. The minimum Gasteiger partial charge on any atom is -0.504 e. The third-order valence-corrected chi connectivity index (χ3v) is 11.9. The molecule has 2 heterocycles. The third kappa shape index (κ3) is 2.57. The van der Waals surface area contributed by atoms with Gasteiger partial charge in [0.25, 0.3) is 0 Å². The number of phenolic OH excluding ortho intramolecular Hbond substituents is 1. The van der Waals surface area contributed by atoms with Crippen molar-refractivity contribution in [3.63, 3.8) is 0 Å². The maximum Gasteiger partial charge on any atom is 0.165 e. The highest BCUT2D eigenvalue weighted by molar-refractivity contribution is 5.63. The maximum atomic E-state index is 12.5. The van der Waals surface area contributed by atoms with Crippen LogP contribution in [0.1, 0.15) is 67.7 Å². The predicted molar refractivity (Wildman–Crippen MR) is 141 cm³/mol. The van der Waals surface area contributed by atoms with Crippen molar-refractivity contribution in [2.75, 3.05) is 20.2 Å². The first-order valence-corrected chi connectivity index (χ1v) is 14.4. The Morgan fingerprint density at radius 3 is 2.76 bits per heavy atom. The molecule has 0 radical (unpaired) electrons. The standard InChI is InChI=1S/C32H39NO4/c1-19-5-4-6-22(15-19)29(2,35)24-17-30-11-12-32(24,36-3)28-31(30)13-14-33(18-20-7-8-20)25(30)16-21-9-10-23(34)27(37-28)26(21)31/h4-6,9-10,15,20,24-25,28,34-35H,7-8,11-14,16-18H2,1-3H3/t24-,25-,28-,29?,30-,31+,32-/m1/s1. The van der Waals surface area contributed by atoms with E-state index in [-0.39, 0.29) is 28.6 Å². The van der Waals surface area contributed by atoms with E-state index in [1.54, 1.807) is 0 Å². The van der Waals surface area contributed by atoms with Crippen molar-refractivity contribution in [3.05, 3.63) is 58.7 Å². The molecule has 196 valence electrons. The maximum absolute atomic E-state index is 12.5. The second-order valence-corrected chi connectivity index (χ2v) is 13.4. The monoisotopic (exact) mass is 501 g/mol. The molecule has 37 heavy (non-hydrogen) atoms. The largest absolute Gasteiger partial charge is 0.504 e. The van der Waals surface area contributed by atoms with Gasteiger partial charge in [-0.3, -0.25) is 4.90 Å². The smallest absolute Gasteiger partial charge is 0.165 e. The number of rotatable bonds is 5. The van der Waals surface area contributed by atoms with E-state index in [9.17, 15) is 10.2 Å². The number of nitrogens with zero attached hydrogens (tertiary/aromatic N) is 1. The van der Waals surface area contributed by atoms with Crippen LogP contribution in [0.2, 0.25) is 0 Å². The highest BCUT2D eigenvalue weighted by atomic mass is 16.6. The van der Waals surface area contributed by atoms with E-state index in [4.69, 9.17) is 9.47 Å². The van der Waals surface area contributed by atoms with E-state index in [0.29, 0.717) is 11.8 Å². The molecule has 5 fully saturated rings. The molecule has 7 aliphatic rings. The predicted octanol–water partition coefficient (Wildman–Crippen LogP) is 4.83. The minimum absolute atomic E-state index is 0.00435. The van der Waals surface area contributed by atoms with Gasteiger partial charge in [-0.15, -0.1) is 0 Å². The van der Waals surface area contributed by atoms with Gasteiger partial charge in [0.2, 0.25) is 0 Å². The minimum atomic E-state index is -1.06. The van der Waals surface area contributed by atoms with Gasteiger partial charge >= 0.3 is 0 Å². The zero-order chi connectivity index (χ0) is 25.4. The van der Waals surface area contributed by atoms with Crippen LogP contribution in [-0.4, -0.2) is 53.1 Å². The van der Waals surface area contributed by atoms with Crippen molar-refractivity contribution in [2.45, 2.75) is 87.6 Å². The number of piperidine rings is 1. The second-order valence-electron chi connectivity index (χ2n) is 13.4. The first-order chi connectivity index (χ1) is 17.8. The zero-order valence-electron chi connectivity index (χ0n) is 22.3. The fourth-order valence-electron chi connectivity index (χ4n) is 10.2. The first kappa shape index (κ1) is 22.9. The molecular weight excluding hydrogens is 462 g/mol. The van der Waals surface area contributed by atoms with E-state index in [1.807, 2.05) is 20.1 Å². The number of hydrogen-bond donors (Lipinski definition) is 2. The van der Waals surface area contributed by atoms with Crippen LogP contribution >= 0.6 is 0 Å². The fourth-order valence-corrected chi connectivity index (χ4v) is 10.2. The molecule has 4 bridgehead atoms. The van der Waals surface area contributed by atoms with E-state index in [2.05, 4.69) is 42.2 Å². The second kappa shape index (κ2) is 7.11. The number of aliphatic hydroxyl groups is 1. The van der Waals surface area contributed by atoms with Crippen molar-refractivity contribution < 1.29 is 19.7 Å². The molecule has 2 aliphatic heterocycles. The highest BCUT2D eigenvalue weighted by Gasteiger charge is 2.82. The summed E-state index contributed by atoms with van der Waals surface area (Å²) < 4.78 is 13.6. The molecule has 7 atom stereocenters. The number of fused-ring (bicyclic) bond motifs is 2. The molecule has 2 aromatic rings. The normalized spacial score (nSPS) is 40.7. The Morgan fingerprint density at radius 2 is 2.00 bits per heavy atom. The van der Waals surface area contributed by atoms with Crippen LogP contribution in [0, 0.1) is 24.2 Å². The Kier molecular flexibility index (Phi) is 4.39. The van der Waals surface area contributed by atoms with Crippen molar-refractivity contribution in [1.82, 2.24) is 4.90 Å². The SMILES string of the molecule is CO[C@]12CC[C@@]3(C[C@@H]1C(C)(O)c1cccc(C)c1)[C@H]1Cc4ccc(O)c5c4[C@@]3(CCN1CC1CC1)[C@H]2O5. The summed E-state index contributed by atoms with van der Waals surface area (Å²) in [4.78, 5) is 2.82. The van der Waals surface area contributed by atoms with Crippen LogP contribution in [0.15, 0.2) is 36.4 Å². The first-order valence-electron chi connectivity index (χ1n) is 14.4. The number of likely N-dealkylation sites (tertiary alicyclic amines) is 1. The lowest BCUT2D eigenvalue weighted by Crippen LogP contribution is -2.82. The van der Waals surface area contributed by atoms with Gasteiger partial charge < -0.3 is 19.7 Å². The van der Waals surface area contributed by atoms with Crippen molar-refractivity contribution in [2.24, 2.45) is 17.3 Å². The molecule has 2 spiro atoms. The number of benzene rings is 2. The van der Waals surface area contributed by atoms with Gasteiger partial charge in [-0.2, -0.15) is 0 Å². The average molecular weight is 502 g/mol. The number of aryl methyl sites for hydroxylation is 1. The van der Waals surface area contributed by atoms with E-state index in [1.165, 1.54) is 30.5 Å². The summed E-state index contributed by atoms with van der Waals surface area (Å²) in [5.41, 5.74) is 2.88. The van der Waals surface area contributed by atoms with Crippen LogP contribution < -0.4 is 4.74 Å². The molecule has 1 saturated heterocycles. The number of methoxy groups -OCH3 is 1. The van der Waals surface area contributed by atoms with E-state index >= 15 is 0 Å². The molecule has 0 aromatic heterocycles. The lowest BCUT2D eigenvalue weighted by Gasteiger charge is -2.75. The van der Waals surface area contributed by atoms with E-state index < -0.39 is 11.2 Å². The van der Waals surface area contributed by atoms with E-state index in [0.717, 1.165) is 55.7 Å². The van der Waals surface area contributed by atoms with Crippen LogP contribution in [0.4, 0.5) is 0 Å². The van der Waals surface area contributed by atoms with Crippen molar-refractivity contribution >= 4 is 0 Å². The summed E-state index contributed by atoms with van der Waals surface area (Å²) in [6.45, 7) is 6.37. The van der Waals surface area contributed by atoms with Crippen LogP contribution in [0.3, 0.4) is 0 Å². The van der Waals surface area contributed by atoms with Gasteiger partial charge in [-0.1, -0.05) is 35.9 Å². The average Bonchev–Trinajstić information content (AvgIpc) is 3.63. The van der Waals surface area contributed by atoms with Gasteiger partial charge in [-0.25, -0.2) is 0 Å². The summed E-state index contributed by atoms with van der Waals surface area (Å²) in [7, 11) is 1.82. The van der Waals surface area contributed by atoms with Gasteiger partial charge in [0, 0.05) is 42.0 Å². The Morgan fingerprint density at radius 1 is 1.16 bits per heavy atom. The number of aromatic hydroxyl groups is 1. The summed E-state index contributed by atoms with van der Waals surface area (Å²) in [6, 6.07) is 12.8. The molecule has 5 heteroatoms. The highest BCUT2D eigenvalue weighted by Crippen LogP contribution is 2.78. The zero-order valence-corrected chi connectivity index (χ0v) is 22.3. The van der Waals surface area contributed by atoms with Gasteiger partial charge in [0.05, 0.1) is 5.60 Å². The molecule has 2 N–H and O–H groups in total.